The van der Waals surface area contributed by atoms with Gasteiger partial charge in [0.1, 0.15) is 11.9 Å². The first-order valence-electron chi connectivity index (χ1n) is 7.38. The lowest BCUT2D eigenvalue weighted by Gasteiger charge is -2.22. The zero-order valence-corrected chi connectivity index (χ0v) is 12.2. The molecule has 2 aliphatic rings. The summed E-state index contributed by atoms with van der Waals surface area (Å²) in [5, 5.41) is 8.94. The Morgan fingerprint density at radius 2 is 2.05 bits per heavy atom. The highest BCUT2D eigenvalue weighted by Gasteiger charge is 2.39. The van der Waals surface area contributed by atoms with Crippen molar-refractivity contribution in [2.45, 2.75) is 26.3 Å². The maximum atomic E-state index is 8.94. The van der Waals surface area contributed by atoms with Crippen molar-refractivity contribution in [2.24, 2.45) is 11.8 Å². The fourth-order valence-corrected chi connectivity index (χ4v) is 3.15. The van der Waals surface area contributed by atoms with Crippen LogP contribution in [0.5, 0.6) is 0 Å². The van der Waals surface area contributed by atoms with Crippen LogP contribution in [0.2, 0.25) is 0 Å². The molecule has 0 amide bonds. The molecule has 0 N–H and O–H groups in total. The van der Waals surface area contributed by atoms with Crippen molar-refractivity contribution in [1.82, 2.24) is 14.9 Å². The molecule has 1 aliphatic heterocycles. The lowest BCUT2D eigenvalue weighted by molar-refractivity contribution is 0.246. The van der Waals surface area contributed by atoms with E-state index >= 15 is 0 Å². The minimum absolute atomic E-state index is 0.395. The summed E-state index contributed by atoms with van der Waals surface area (Å²) in [6.07, 6.45) is 4.63. The van der Waals surface area contributed by atoms with E-state index < -0.39 is 0 Å². The third-order valence-corrected chi connectivity index (χ3v) is 4.33. The third kappa shape index (κ3) is 2.75. The number of hydrogen-bond donors (Lipinski definition) is 0. The standard InChI is InChI=1S/C15H21N5/c1-11-9-19(14-5-12(14)2)3-4-20(10-11)15-8-17-7-13(6-16)18-15/h7-8,11-12,14H,3-5,9-10H2,1-2H3/t11-,12+,14-/m0/s1. The summed E-state index contributed by atoms with van der Waals surface area (Å²) in [6.45, 7) is 8.83. The Morgan fingerprint density at radius 3 is 2.75 bits per heavy atom. The van der Waals surface area contributed by atoms with Gasteiger partial charge in [0.05, 0.1) is 12.4 Å². The van der Waals surface area contributed by atoms with E-state index in [1.807, 2.05) is 0 Å². The second-order valence-electron chi connectivity index (χ2n) is 6.20. The van der Waals surface area contributed by atoms with Crippen LogP contribution in [0, 0.1) is 23.2 Å². The van der Waals surface area contributed by atoms with Gasteiger partial charge in [-0.1, -0.05) is 13.8 Å². The van der Waals surface area contributed by atoms with Gasteiger partial charge < -0.3 is 4.90 Å². The van der Waals surface area contributed by atoms with E-state index in [1.54, 1.807) is 6.20 Å². The Kier molecular flexibility index (Phi) is 3.58. The largest absolute Gasteiger partial charge is 0.354 e. The molecule has 1 aromatic heterocycles. The SMILES string of the molecule is C[C@@H]1CN(c2cncc(C#N)n2)CCN([C@H]2C[C@H]2C)C1. The van der Waals surface area contributed by atoms with Crippen LogP contribution in [0.25, 0.3) is 0 Å². The number of aromatic nitrogens is 2. The van der Waals surface area contributed by atoms with Gasteiger partial charge in [-0.2, -0.15) is 5.26 Å². The smallest absolute Gasteiger partial charge is 0.161 e. The van der Waals surface area contributed by atoms with Crippen molar-refractivity contribution in [3.63, 3.8) is 0 Å². The zero-order chi connectivity index (χ0) is 14.1. The normalized spacial score (nSPS) is 30.6. The molecule has 106 valence electrons. The topological polar surface area (TPSA) is 56.1 Å². The predicted octanol–water partition coefficient (Wildman–Crippen LogP) is 1.51. The van der Waals surface area contributed by atoms with Gasteiger partial charge in [0, 0.05) is 32.2 Å². The highest BCUT2D eigenvalue weighted by atomic mass is 15.3. The van der Waals surface area contributed by atoms with Gasteiger partial charge in [-0.25, -0.2) is 4.98 Å². The molecule has 0 aromatic carbocycles. The van der Waals surface area contributed by atoms with E-state index in [1.165, 1.54) is 12.6 Å². The van der Waals surface area contributed by atoms with Crippen LogP contribution >= 0.6 is 0 Å². The fraction of sp³-hybridized carbons (Fsp3) is 0.667. The number of nitrogens with zero attached hydrogens (tertiary/aromatic N) is 5. The molecular weight excluding hydrogens is 250 g/mol. The van der Waals surface area contributed by atoms with Crippen molar-refractivity contribution in [3.8, 4) is 6.07 Å². The van der Waals surface area contributed by atoms with Crippen LogP contribution in [0.1, 0.15) is 26.0 Å². The van der Waals surface area contributed by atoms with Crippen LogP contribution in [0.3, 0.4) is 0 Å². The quantitative estimate of drug-likeness (QED) is 0.816. The van der Waals surface area contributed by atoms with Gasteiger partial charge in [-0.05, 0) is 18.3 Å². The molecule has 1 aliphatic carbocycles. The van der Waals surface area contributed by atoms with Crippen LogP contribution in [0.15, 0.2) is 12.4 Å². The average molecular weight is 271 g/mol. The van der Waals surface area contributed by atoms with Crippen LogP contribution in [0.4, 0.5) is 5.82 Å². The molecular formula is C15H21N5. The molecule has 3 atom stereocenters. The van der Waals surface area contributed by atoms with E-state index in [9.17, 15) is 0 Å². The second kappa shape index (κ2) is 5.37. The Balaban J connectivity index is 1.72. The Bertz CT molecular complexity index is 523. The summed E-state index contributed by atoms with van der Waals surface area (Å²) in [4.78, 5) is 13.4. The van der Waals surface area contributed by atoms with Gasteiger partial charge >= 0.3 is 0 Å². The Hall–Kier alpha value is -1.67. The summed E-state index contributed by atoms with van der Waals surface area (Å²) < 4.78 is 0. The van der Waals surface area contributed by atoms with Crippen LogP contribution in [-0.2, 0) is 0 Å². The molecule has 20 heavy (non-hydrogen) atoms. The van der Waals surface area contributed by atoms with Gasteiger partial charge in [0.25, 0.3) is 0 Å². The molecule has 0 spiro atoms. The molecule has 0 bridgehead atoms. The van der Waals surface area contributed by atoms with Crippen molar-refractivity contribution in [3.05, 3.63) is 18.1 Å². The molecule has 2 fully saturated rings. The molecule has 1 saturated heterocycles. The molecule has 3 rings (SSSR count). The number of anilines is 1. The molecule has 0 radical (unpaired) electrons. The van der Waals surface area contributed by atoms with E-state index in [0.717, 1.165) is 44.0 Å². The summed E-state index contributed by atoms with van der Waals surface area (Å²) >= 11 is 0. The first-order valence-corrected chi connectivity index (χ1v) is 7.38. The summed E-state index contributed by atoms with van der Waals surface area (Å²) in [7, 11) is 0. The number of hydrogen-bond acceptors (Lipinski definition) is 5. The van der Waals surface area contributed by atoms with Gasteiger partial charge in [-0.3, -0.25) is 9.88 Å². The van der Waals surface area contributed by atoms with Gasteiger partial charge in [0.2, 0.25) is 0 Å². The minimum atomic E-state index is 0.395. The molecule has 1 saturated carbocycles. The zero-order valence-electron chi connectivity index (χ0n) is 12.2. The highest BCUT2D eigenvalue weighted by molar-refractivity contribution is 5.38. The van der Waals surface area contributed by atoms with Gasteiger partial charge in [-0.15, -0.1) is 0 Å². The first kappa shape index (κ1) is 13.3. The average Bonchev–Trinajstić information content (AvgIpc) is 3.21. The van der Waals surface area contributed by atoms with Crippen molar-refractivity contribution in [1.29, 1.82) is 5.26 Å². The van der Waals surface area contributed by atoms with Crippen molar-refractivity contribution < 1.29 is 0 Å². The van der Waals surface area contributed by atoms with Crippen molar-refractivity contribution >= 4 is 5.82 Å². The summed E-state index contributed by atoms with van der Waals surface area (Å²) in [6, 6.07) is 2.85. The predicted molar refractivity (Wildman–Crippen MR) is 77.3 cm³/mol. The second-order valence-corrected chi connectivity index (χ2v) is 6.20. The Morgan fingerprint density at radius 1 is 1.25 bits per heavy atom. The summed E-state index contributed by atoms with van der Waals surface area (Å²) in [5.41, 5.74) is 0.395. The first-order chi connectivity index (χ1) is 9.67. The maximum absolute atomic E-state index is 8.94. The monoisotopic (exact) mass is 271 g/mol. The summed E-state index contributed by atoms with van der Waals surface area (Å²) in [5.74, 6) is 2.30. The molecule has 2 heterocycles. The van der Waals surface area contributed by atoms with E-state index in [4.69, 9.17) is 5.26 Å². The highest BCUT2D eigenvalue weighted by Crippen LogP contribution is 2.36. The van der Waals surface area contributed by atoms with E-state index in [2.05, 4.69) is 39.7 Å². The lowest BCUT2D eigenvalue weighted by Crippen LogP contribution is -2.33. The molecule has 1 aromatic rings. The fourth-order valence-electron chi connectivity index (χ4n) is 3.15. The van der Waals surface area contributed by atoms with Crippen molar-refractivity contribution in [2.75, 3.05) is 31.1 Å². The lowest BCUT2D eigenvalue weighted by atomic mass is 10.1. The molecule has 5 nitrogen and oxygen atoms in total. The molecule has 0 unspecified atom stereocenters. The Labute approximate surface area is 120 Å². The van der Waals surface area contributed by atoms with Gasteiger partial charge in [0.15, 0.2) is 5.69 Å². The van der Waals surface area contributed by atoms with Crippen LogP contribution in [-0.4, -0.2) is 47.1 Å². The maximum Gasteiger partial charge on any atom is 0.161 e. The third-order valence-electron chi connectivity index (χ3n) is 4.33. The minimum Gasteiger partial charge on any atom is -0.354 e. The van der Waals surface area contributed by atoms with E-state index in [-0.39, 0.29) is 0 Å². The number of nitriles is 1. The van der Waals surface area contributed by atoms with E-state index in [0.29, 0.717) is 11.6 Å². The van der Waals surface area contributed by atoms with Crippen LogP contribution < -0.4 is 4.90 Å². The number of rotatable bonds is 2. The molecule has 5 heteroatoms.